The first kappa shape index (κ1) is 13.6. The first-order valence-electron chi connectivity index (χ1n) is 7.14. The number of anilines is 1. The number of fused-ring (bicyclic) bond motifs is 1. The lowest BCUT2D eigenvalue weighted by Crippen LogP contribution is -2.48. The third-order valence-electron chi connectivity index (χ3n) is 4.16. The molecule has 0 unspecified atom stereocenters. The van der Waals surface area contributed by atoms with Crippen LogP contribution in [0.2, 0.25) is 5.15 Å². The second-order valence-electron chi connectivity index (χ2n) is 5.49. The number of hydrogen-bond acceptors (Lipinski definition) is 3. The summed E-state index contributed by atoms with van der Waals surface area (Å²) in [5.74, 6) is 0. The average molecular weight is 295 g/mol. The van der Waals surface area contributed by atoms with Crippen molar-refractivity contribution in [2.45, 2.75) is 37.8 Å². The molecule has 1 aromatic rings. The smallest absolute Gasteiger partial charge is 0.319 e. The van der Waals surface area contributed by atoms with Crippen LogP contribution in [0.1, 0.15) is 25.7 Å². The van der Waals surface area contributed by atoms with E-state index in [4.69, 9.17) is 11.6 Å². The van der Waals surface area contributed by atoms with Crippen LogP contribution in [0, 0.1) is 0 Å². The van der Waals surface area contributed by atoms with Crippen LogP contribution >= 0.6 is 11.6 Å². The molecule has 5 nitrogen and oxygen atoms in total. The highest BCUT2D eigenvalue weighted by Gasteiger charge is 2.32. The number of piperidine rings is 1. The van der Waals surface area contributed by atoms with Crippen molar-refractivity contribution in [3.63, 3.8) is 0 Å². The number of rotatable bonds is 2. The van der Waals surface area contributed by atoms with Crippen LogP contribution in [-0.2, 0) is 0 Å². The Kier molecular flexibility index (Phi) is 4.08. The molecule has 2 atom stereocenters. The molecule has 0 aromatic carbocycles. The highest BCUT2D eigenvalue weighted by atomic mass is 35.5. The normalized spacial score (nSPS) is 26.1. The number of pyridine rings is 1. The molecule has 2 fully saturated rings. The van der Waals surface area contributed by atoms with Gasteiger partial charge in [0, 0.05) is 24.8 Å². The molecule has 0 bridgehead atoms. The molecule has 3 rings (SSSR count). The van der Waals surface area contributed by atoms with Crippen LogP contribution in [0.25, 0.3) is 0 Å². The summed E-state index contributed by atoms with van der Waals surface area (Å²) >= 11 is 5.92. The molecule has 20 heavy (non-hydrogen) atoms. The van der Waals surface area contributed by atoms with Crippen molar-refractivity contribution in [3.05, 3.63) is 23.5 Å². The predicted octanol–water partition coefficient (Wildman–Crippen LogP) is 2.48. The van der Waals surface area contributed by atoms with Crippen molar-refractivity contribution in [2.75, 3.05) is 18.4 Å². The third kappa shape index (κ3) is 3.04. The largest absolute Gasteiger partial charge is 0.335 e. The molecule has 0 saturated carbocycles. The second kappa shape index (κ2) is 5.97. The number of nitrogens with zero attached hydrogens (tertiary/aromatic N) is 2. The minimum Gasteiger partial charge on any atom is -0.335 e. The predicted molar refractivity (Wildman–Crippen MR) is 79.0 cm³/mol. The van der Waals surface area contributed by atoms with Crippen LogP contribution in [0.3, 0.4) is 0 Å². The maximum absolute atomic E-state index is 12.0. The van der Waals surface area contributed by atoms with E-state index in [-0.39, 0.29) is 12.1 Å². The molecule has 2 aliphatic rings. The number of carbonyl (C=O) groups excluding carboxylic acids is 1. The standard InChI is InChI=1S/C14H19ClN4O/c15-13-12(4-1-6-16-13)18-14(20)17-10-5-8-19-7-2-3-11(19)9-10/h1,4,6,10-11H,2-3,5,7-9H2,(H2,17,18,20)/t10-,11+/m1/s1. The minimum atomic E-state index is -0.198. The van der Waals surface area contributed by atoms with Gasteiger partial charge in [-0.25, -0.2) is 9.78 Å². The maximum atomic E-state index is 12.0. The van der Waals surface area contributed by atoms with Crippen LogP contribution in [0.15, 0.2) is 18.3 Å². The average Bonchev–Trinajstić information content (AvgIpc) is 2.89. The summed E-state index contributed by atoms with van der Waals surface area (Å²) < 4.78 is 0. The molecular formula is C14H19ClN4O. The van der Waals surface area contributed by atoms with Crippen molar-refractivity contribution in [2.24, 2.45) is 0 Å². The first-order chi connectivity index (χ1) is 9.72. The zero-order valence-electron chi connectivity index (χ0n) is 11.3. The van der Waals surface area contributed by atoms with Gasteiger partial charge >= 0.3 is 6.03 Å². The Morgan fingerprint density at radius 2 is 2.30 bits per heavy atom. The van der Waals surface area contributed by atoms with E-state index in [1.807, 2.05) is 0 Å². The fourth-order valence-electron chi connectivity index (χ4n) is 3.18. The molecule has 0 spiro atoms. The first-order valence-corrected chi connectivity index (χ1v) is 7.52. The van der Waals surface area contributed by atoms with Gasteiger partial charge < -0.3 is 15.5 Å². The molecule has 3 heterocycles. The Morgan fingerprint density at radius 1 is 1.40 bits per heavy atom. The topological polar surface area (TPSA) is 57.3 Å². The van der Waals surface area contributed by atoms with Crippen LogP contribution in [0.4, 0.5) is 10.5 Å². The fourth-order valence-corrected chi connectivity index (χ4v) is 3.35. The summed E-state index contributed by atoms with van der Waals surface area (Å²) in [6, 6.07) is 4.20. The Morgan fingerprint density at radius 3 is 3.15 bits per heavy atom. The third-order valence-corrected chi connectivity index (χ3v) is 4.46. The fraction of sp³-hybridized carbons (Fsp3) is 0.571. The lowest BCUT2D eigenvalue weighted by atomic mass is 9.98. The number of urea groups is 1. The Bertz CT molecular complexity index is 496. The van der Waals surface area contributed by atoms with E-state index in [0.717, 1.165) is 19.4 Å². The van der Waals surface area contributed by atoms with E-state index >= 15 is 0 Å². The number of amides is 2. The molecule has 0 radical (unpaired) electrons. The van der Waals surface area contributed by atoms with Gasteiger partial charge in [-0.05, 0) is 44.4 Å². The monoisotopic (exact) mass is 294 g/mol. The van der Waals surface area contributed by atoms with Crippen molar-refractivity contribution < 1.29 is 4.79 Å². The summed E-state index contributed by atoms with van der Waals surface area (Å²) in [4.78, 5) is 18.5. The highest BCUT2D eigenvalue weighted by Crippen LogP contribution is 2.27. The van der Waals surface area contributed by atoms with Crippen molar-refractivity contribution in [1.82, 2.24) is 15.2 Å². The Labute approximate surface area is 123 Å². The second-order valence-corrected chi connectivity index (χ2v) is 5.85. The minimum absolute atomic E-state index is 0.198. The number of aromatic nitrogens is 1. The van der Waals surface area contributed by atoms with Gasteiger partial charge in [0.05, 0.1) is 5.69 Å². The van der Waals surface area contributed by atoms with Crippen molar-refractivity contribution in [3.8, 4) is 0 Å². The van der Waals surface area contributed by atoms with Gasteiger partial charge in [0.25, 0.3) is 0 Å². The van der Waals surface area contributed by atoms with Gasteiger partial charge in [0.2, 0.25) is 0 Å². The molecule has 0 aliphatic carbocycles. The lowest BCUT2D eigenvalue weighted by molar-refractivity contribution is 0.168. The number of carbonyl (C=O) groups is 1. The van der Waals surface area contributed by atoms with Gasteiger partial charge in [-0.1, -0.05) is 11.6 Å². The van der Waals surface area contributed by atoms with Crippen LogP contribution < -0.4 is 10.6 Å². The zero-order valence-corrected chi connectivity index (χ0v) is 12.1. The van der Waals surface area contributed by atoms with Crippen molar-refractivity contribution >= 4 is 23.3 Å². The summed E-state index contributed by atoms with van der Waals surface area (Å²) in [5.41, 5.74) is 0.546. The highest BCUT2D eigenvalue weighted by molar-refractivity contribution is 6.32. The summed E-state index contributed by atoms with van der Waals surface area (Å²) in [6.07, 6.45) is 6.21. The quantitative estimate of drug-likeness (QED) is 0.824. The van der Waals surface area contributed by atoms with Gasteiger partial charge in [-0.15, -0.1) is 0 Å². The van der Waals surface area contributed by atoms with Crippen LogP contribution in [0.5, 0.6) is 0 Å². The van der Waals surface area contributed by atoms with E-state index in [1.165, 1.54) is 19.4 Å². The molecular weight excluding hydrogens is 276 g/mol. The van der Waals surface area contributed by atoms with E-state index in [2.05, 4.69) is 20.5 Å². The molecule has 1 aromatic heterocycles. The van der Waals surface area contributed by atoms with Gasteiger partial charge in [-0.3, -0.25) is 0 Å². The molecule has 108 valence electrons. The number of hydrogen-bond donors (Lipinski definition) is 2. The molecule has 2 saturated heterocycles. The Balaban J connectivity index is 1.53. The van der Waals surface area contributed by atoms with E-state index in [9.17, 15) is 4.79 Å². The summed E-state index contributed by atoms with van der Waals surface area (Å²) in [5, 5.41) is 6.12. The number of nitrogens with one attached hydrogen (secondary N) is 2. The summed E-state index contributed by atoms with van der Waals surface area (Å²) in [6.45, 7) is 2.30. The van der Waals surface area contributed by atoms with Gasteiger partial charge in [-0.2, -0.15) is 0 Å². The molecule has 2 amide bonds. The lowest BCUT2D eigenvalue weighted by Gasteiger charge is -2.35. The van der Waals surface area contributed by atoms with Crippen molar-refractivity contribution in [1.29, 1.82) is 0 Å². The molecule has 2 N–H and O–H groups in total. The summed E-state index contributed by atoms with van der Waals surface area (Å²) in [7, 11) is 0. The van der Waals surface area contributed by atoms with Gasteiger partial charge in [0.15, 0.2) is 5.15 Å². The maximum Gasteiger partial charge on any atom is 0.319 e. The molecule has 6 heteroatoms. The number of halogens is 1. The van der Waals surface area contributed by atoms with Gasteiger partial charge in [0.1, 0.15) is 0 Å². The van der Waals surface area contributed by atoms with Crippen LogP contribution in [-0.4, -0.2) is 41.1 Å². The van der Waals surface area contributed by atoms with E-state index in [1.54, 1.807) is 18.3 Å². The van der Waals surface area contributed by atoms with E-state index in [0.29, 0.717) is 16.9 Å². The zero-order chi connectivity index (χ0) is 13.9. The van der Waals surface area contributed by atoms with E-state index < -0.39 is 0 Å². The molecule has 2 aliphatic heterocycles. The Hall–Kier alpha value is -1.33. The SMILES string of the molecule is O=C(Nc1cccnc1Cl)N[C@@H]1CCN2CCC[C@H]2C1.